The van der Waals surface area contributed by atoms with E-state index in [9.17, 15) is 13.2 Å². The van der Waals surface area contributed by atoms with Gasteiger partial charge in [0.15, 0.2) is 0 Å². The van der Waals surface area contributed by atoms with Crippen molar-refractivity contribution in [2.24, 2.45) is 7.05 Å². The first kappa shape index (κ1) is 25.9. The molecule has 0 bridgehead atoms. The van der Waals surface area contributed by atoms with E-state index >= 15 is 0 Å². The summed E-state index contributed by atoms with van der Waals surface area (Å²) < 4.78 is 36.2. The van der Waals surface area contributed by atoms with Crippen LogP contribution in [0.1, 0.15) is 23.9 Å². The van der Waals surface area contributed by atoms with Crippen molar-refractivity contribution in [1.82, 2.24) is 14.5 Å². The molecular formula is C29H25N5O4S. The van der Waals surface area contributed by atoms with E-state index < -0.39 is 22.5 Å². The minimum Gasteiger partial charge on any atom is -0.465 e. The molecule has 0 N–H and O–H groups in total. The highest BCUT2D eigenvalue weighted by Gasteiger charge is 2.30. The Balaban J connectivity index is 1.58. The summed E-state index contributed by atoms with van der Waals surface area (Å²) in [6, 6.07) is 21.1. The lowest BCUT2D eigenvalue weighted by atomic mass is 10.1. The number of rotatable bonds is 8. The van der Waals surface area contributed by atoms with Crippen LogP contribution in [0.3, 0.4) is 0 Å². The number of hydrogen-bond acceptors (Lipinski definition) is 7. The fraction of sp³-hybridized carbons (Fsp3) is 0.172. The molecule has 0 aliphatic rings. The fourth-order valence-corrected chi connectivity index (χ4v) is 6.12. The van der Waals surface area contributed by atoms with Gasteiger partial charge < -0.3 is 9.30 Å². The molecule has 0 radical (unpaired) electrons. The molecule has 196 valence electrons. The number of imidazole rings is 1. The van der Waals surface area contributed by atoms with Gasteiger partial charge in [0.2, 0.25) is 0 Å². The van der Waals surface area contributed by atoms with Crippen LogP contribution in [0.5, 0.6) is 0 Å². The van der Waals surface area contributed by atoms with E-state index in [0.717, 1.165) is 21.2 Å². The van der Waals surface area contributed by atoms with Crippen LogP contribution >= 0.6 is 0 Å². The lowest BCUT2D eigenvalue weighted by Crippen LogP contribution is -2.36. The van der Waals surface area contributed by atoms with Gasteiger partial charge in [-0.1, -0.05) is 24.3 Å². The maximum Gasteiger partial charge on any atom is 0.326 e. The number of nitrogens with zero attached hydrogens (tertiary/aromatic N) is 5. The minimum atomic E-state index is -4.18. The zero-order valence-corrected chi connectivity index (χ0v) is 22.2. The summed E-state index contributed by atoms with van der Waals surface area (Å²) in [7, 11) is -2.28. The van der Waals surface area contributed by atoms with Crippen LogP contribution in [0.15, 0.2) is 84.0 Å². The van der Waals surface area contributed by atoms with Crippen molar-refractivity contribution in [3.8, 4) is 6.07 Å². The summed E-state index contributed by atoms with van der Waals surface area (Å²) in [5, 5.41) is 10.2. The van der Waals surface area contributed by atoms with E-state index in [1.54, 1.807) is 61.7 Å². The molecule has 0 saturated carbocycles. The number of aromatic nitrogens is 3. The number of sulfonamides is 1. The summed E-state index contributed by atoms with van der Waals surface area (Å²) in [6.45, 7) is 1.31. The van der Waals surface area contributed by atoms with Crippen molar-refractivity contribution < 1.29 is 17.9 Å². The average Bonchev–Trinajstić information content (AvgIpc) is 3.25. The normalized spacial score (nSPS) is 11.4. The molecule has 10 heteroatoms. The topological polar surface area (TPSA) is 118 Å². The molecule has 5 rings (SSSR count). The highest BCUT2D eigenvalue weighted by molar-refractivity contribution is 7.93. The molecule has 9 nitrogen and oxygen atoms in total. The van der Waals surface area contributed by atoms with Crippen molar-refractivity contribution >= 4 is 43.5 Å². The highest BCUT2D eigenvalue weighted by atomic mass is 32.2. The van der Waals surface area contributed by atoms with Crippen molar-refractivity contribution in [2.75, 3.05) is 17.5 Å². The zero-order valence-electron chi connectivity index (χ0n) is 21.4. The Bertz CT molecular complexity index is 1830. The van der Waals surface area contributed by atoms with Crippen LogP contribution in [-0.4, -0.2) is 42.1 Å². The Morgan fingerprint density at radius 2 is 1.90 bits per heavy atom. The molecule has 2 aromatic heterocycles. The second-order valence-corrected chi connectivity index (χ2v) is 10.7. The highest BCUT2D eigenvalue weighted by Crippen LogP contribution is 2.31. The lowest BCUT2D eigenvalue weighted by Gasteiger charge is -2.24. The number of ether oxygens (including phenoxy) is 1. The molecule has 2 heterocycles. The van der Waals surface area contributed by atoms with Gasteiger partial charge in [-0.3, -0.25) is 14.1 Å². The molecular weight excluding hydrogens is 514 g/mol. The van der Waals surface area contributed by atoms with Gasteiger partial charge in [-0.25, -0.2) is 13.4 Å². The van der Waals surface area contributed by atoms with Crippen molar-refractivity contribution in [3.63, 3.8) is 0 Å². The van der Waals surface area contributed by atoms with Crippen LogP contribution in [0.25, 0.3) is 21.8 Å². The molecule has 0 unspecified atom stereocenters. The molecule has 0 amide bonds. The van der Waals surface area contributed by atoms with E-state index in [-0.39, 0.29) is 11.5 Å². The monoisotopic (exact) mass is 539 g/mol. The minimum absolute atomic E-state index is 0.0642. The molecule has 0 spiro atoms. The Hall–Kier alpha value is -4.75. The maximum atomic E-state index is 14.0. The second kappa shape index (κ2) is 10.6. The average molecular weight is 540 g/mol. The molecule has 3 aromatic carbocycles. The zero-order chi connectivity index (χ0) is 27.6. The summed E-state index contributed by atoms with van der Waals surface area (Å²) in [5.41, 5.74) is 3.27. The Morgan fingerprint density at radius 1 is 1.10 bits per heavy atom. The number of aryl methyl sites for hydroxylation is 1. The quantitative estimate of drug-likeness (QED) is 0.269. The first-order chi connectivity index (χ1) is 18.8. The summed E-state index contributed by atoms with van der Waals surface area (Å²) in [4.78, 5) is 21.5. The van der Waals surface area contributed by atoms with Crippen LogP contribution in [0, 0.1) is 11.3 Å². The number of anilines is 1. The van der Waals surface area contributed by atoms with Crippen LogP contribution in [-0.2, 0) is 33.0 Å². The van der Waals surface area contributed by atoms with E-state index in [2.05, 4.69) is 11.1 Å². The Morgan fingerprint density at radius 3 is 2.64 bits per heavy atom. The lowest BCUT2D eigenvalue weighted by molar-refractivity contribution is -0.141. The predicted molar refractivity (Wildman–Crippen MR) is 148 cm³/mol. The number of pyridine rings is 1. The summed E-state index contributed by atoms with van der Waals surface area (Å²) in [5.74, 6) is 0.110. The van der Waals surface area contributed by atoms with Crippen LogP contribution in [0.4, 0.5) is 5.69 Å². The third-order valence-electron chi connectivity index (χ3n) is 6.48. The molecule has 5 aromatic rings. The first-order valence-electron chi connectivity index (χ1n) is 12.3. The number of carbonyl (C=O) groups is 1. The van der Waals surface area contributed by atoms with Gasteiger partial charge in [0, 0.05) is 36.6 Å². The van der Waals surface area contributed by atoms with E-state index in [1.165, 1.54) is 12.3 Å². The standard InChI is InChI=1S/C29H25N5O4S/c1-3-38-29(35)19-34(39(36,37)27-6-4-5-22-18-31-14-13-24(22)27)23-11-12-26-25(16-23)32-28(33(26)2)15-20-7-9-21(17-30)10-8-20/h4-14,16,18H,3,15,19H2,1-2H3. The fourth-order valence-electron chi connectivity index (χ4n) is 4.51. The summed E-state index contributed by atoms with van der Waals surface area (Å²) in [6.07, 6.45) is 3.66. The Labute approximate surface area is 226 Å². The smallest absolute Gasteiger partial charge is 0.326 e. The molecule has 0 atom stereocenters. The number of nitriles is 1. The largest absolute Gasteiger partial charge is 0.465 e. The maximum absolute atomic E-state index is 14.0. The van der Waals surface area contributed by atoms with Gasteiger partial charge in [0.1, 0.15) is 12.4 Å². The third kappa shape index (κ3) is 5.04. The van der Waals surface area contributed by atoms with Crippen LogP contribution < -0.4 is 4.31 Å². The van der Waals surface area contributed by atoms with Gasteiger partial charge in [0.25, 0.3) is 10.0 Å². The molecule has 39 heavy (non-hydrogen) atoms. The first-order valence-corrected chi connectivity index (χ1v) is 13.7. The molecule has 0 saturated heterocycles. The van der Waals surface area contributed by atoms with Crippen molar-refractivity contribution in [2.45, 2.75) is 18.2 Å². The van der Waals surface area contributed by atoms with Gasteiger partial charge in [-0.15, -0.1) is 0 Å². The van der Waals surface area contributed by atoms with Crippen molar-refractivity contribution in [3.05, 3.63) is 96.1 Å². The van der Waals surface area contributed by atoms with Crippen LogP contribution in [0.2, 0.25) is 0 Å². The Kier molecular flexibility index (Phi) is 7.00. The van der Waals surface area contributed by atoms with Crippen molar-refractivity contribution in [1.29, 1.82) is 5.26 Å². The van der Waals surface area contributed by atoms with E-state index in [4.69, 9.17) is 15.0 Å². The number of carbonyl (C=O) groups excluding carboxylic acids is 1. The number of fused-ring (bicyclic) bond motifs is 2. The SMILES string of the molecule is CCOC(=O)CN(c1ccc2c(c1)nc(Cc1ccc(C#N)cc1)n2C)S(=O)(=O)c1cccc2cnccc12. The third-order valence-corrected chi connectivity index (χ3v) is 8.31. The summed E-state index contributed by atoms with van der Waals surface area (Å²) >= 11 is 0. The van der Waals surface area contributed by atoms with E-state index in [0.29, 0.717) is 34.0 Å². The molecule has 0 aliphatic carbocycles. The molecule has 0 fully saturated rings. The number of esters is 1. The van der Waals surface area contributed by atoms with Gasteiger partial charge in [-0.2, -0.15) is 5.26 Å². The van der Waals surface area contributed by atoms with Gasteiger partial charge in [0.05, 0.1) is 39.9 Å². The van der Waals surface area contributed by atoms with E-state index in [1.807, 2.05) is 23.7 Å². The van der Waals surface area contributed by atoms with Gasteiger partial charge in [-0.05, 0) is 55.0 Å². The predicted octanol–water partition coefficient (Wildman–Crippen LogP) is 4.34. The molecule has 0 aliphatic heterocycles. The number of benzene rings is 3. The number of hydrogen-bond donors (Lipinski definition) is 0. The van der Waals surface area contributed by atoms with Gasteiger partial charge >= 0.3 is 5.97 Å². The second-order valence-electron chi connectivity index (χ2n) is 8.92.